The molecule has 4 heterocycles. The zero-order chi connectivity index (χ0) is 19.6. The van der Waals surface area contributed by atoms with Gasteiger partial charge in [-0.15, -0.1) is 0 Å². The number of aromatic amines is 1. The van der Waals surface area contributed by atoms with Crippen LogP contribution in [0.25, 0.3) is 17.2 Å². The molecule has 1 unspecified atom stereocenters. The average molecular weight is 389 g/mol. The molecule has 1 fully saturated rings. The largest absolute Gasteiger partial charge is 0.496 e. The van der Waals surface area contributed by atoms with Crippen molar-refractivity contribution in [1.29, 1.82) is 0 Å². The van der Waals surface area contributed by atoms with Crippen LogP contribution < -0.4 is 10.1 Å². The lowest BCUT2D eigenvalue weighted by atomic mass is 9.90. The molecule has 0 amide bonds. The van der Waals surface area contributed by atoms with E-state index in [1.807, 2.05) is 12.1 Å². The van der Waals surface area contributed by atoms with Gasteiger partial charge in [-0.25, -0.2) is 0 Å². The third kappa shape index (κ3) is 3.62. The zero-order valence-electron chi connectivity index (χ0n) is 16.9. The van der Waals surface area contributed by atoms with E-state index in [1.54, 1.807) is 7.11 Å². The summed E-state index contributed by atoms with van der Waals surface area (Å²) in [5.41, 5.74) is 6.14. The van der Waals surface area contributed by atoms with Crippen LogP contribution in [0.3, 0.4) is 0 Å². The summed E-state index contributed by atoms with van der Waals surface area (Å²) in [7, 11) is 1.73. The number of nitrogens with zero attached hydrogens (tertiary/aromatic N) is 2. The molecule has 29 heavy (non-hydrogen) atoms. The number of likely N-dealkylation sites (tertiary alicyclic amines) is 1. The number of aromatic nitrogens is 1. The molecule has 1 atom stereocenters. The number of hydrogen-bond donors (Lipinski definition) is 2. The van der Waals surface area contributed by atoms with Crippen LogP contribution in [0.5, 0.6) is 5.75 Å². The molecule has 2 aromatic rings. The lowest BCUT2D eigenvalue weighted by molar-refractivity contribution is 0.311. The van der Waals surface area contributed by atoms with E-state index >= 15 is 0 Å². The Labute approximate surface area is 172 Å². The zero-order valence-corrected chi connectivity index (χ0v) is 16.9. The van der Waals surface area contributed by atoms with Gasteiger partial charge in [0.25, 0.3) is 0 Å². The van der Waals surface area contributed by atoms with Crippen LogP contribution >= 0.6 is 0 Å². The maximum atomic E-state index is 5.59. The summed E-state index contributed by atoms with van der Waals surface area (Å²) in [5, 5.41) is 3.56. The number of anilines is 1. The first-order valence-corrected chi connectivity index (χ1v) is 10.6. The second-order valence-electron chi connectivity index (χ2n) is 8.14. The van der Waals surface area contributed by atoms with Gasteiger partial charge in [0.1, 0.15) is 11.6 Å². The van der Waals surface area contributed by atoms with E-state index in [9.17, 15) is 0 Å². The van der Waals surface area contributed by atoms with Gasteiger partial charge in [-0.05, 0) is 55.6 Å². The van der Waals surface area contributed by atoms with Crippen LogP contribution in [-0.4, -0.2) is 49.4 Å². The highest BCUT2D eigenvalue weighted by atomic mass is 16.5. The molecule has 1 aromatic carbocycles. The fraction of sp³-hybridized carbons (Fsp3) is 0.375. The van der Waals surface area contributed by atoms with Crippen molar-refractivity contribution in [2.45, 2.75) is 19.3 Å². The monoisotopic (exact) mass is 388 g/mol. The van der Waals surface area contributed by atoms with Crippen molar-refractivity contribution in [3.63, 3.8) is 0 Å². The molecule has 150 valence electrons. The molecular weight excluding hydrogens is 360 g/mol. The van der Waals surface area contributed by atoms with E-state index in [4.69, 9.17) is 4.74 Å². The van der Waals surface area contributed by atoms with E-state index in [0.29, 0.717) is 5.92 Å². The van der Waals surface area contributed by atoms with Crippen molar-refractivity contribution in [2.24, 2.45) is 10.9 Å². The molecule has 5 nitrogen and oxygen atoms in total. The molecule has 3 aliphatic rings. The Morgan fingerprint density at radius 3 is 2.86 bits per heavy atom. The highest BCUT2D eigenvalue weighted by Gasteiger charge is 2.24. The van der Waals surface area contributed by atoms with E-state index < -0.39 is 0 Å². The Kier molecular flexibility index (Phi) is 4.98. The lowest BCUT2D eigenvalue weighted by Crippen LogP contribution is -2.29. The number of rotatable bonds is 5. The quantitative estimate of drug-likeness (QED) is 0.789. The van der Waals surface area contributed by atoms with E-state index in [2.05, 4.69) is 57.0 Å². The number of nitrogens with one attached hydrogen (secondary N) is 2. The van der Waals surface area contributed by atoms with Gasteiger partial charge in [0.2, 0.25) is 0 Å². The first kappa shape index (κ1) is 18.3. The fourth-order valence-corrected chi connectivity index (χ4v) is 4.70. The minimum absolute atomic E-state index is 0.510. The predicted octanol–water partition coefficient (Wildman–Crippen LogP) is 4.57. The summed E-state index contributed by atoms with van der Waals surface area (Å²) in [5.74, 6) is 2.47. The Morgan fingerprint density at radius 2 is 2.00 bits per heavy atom. The van der Waals surface area contributed by atoms with Gasteiger partial charge in [0.15, 0.2) is 0 Å². The van der Waals surface area contributed by atoms with Crippen LogP contribution in [0.1, 0.15) is 24.8 Å². The summed E-state index contributed by atoms with van der Waals surface area (Å²) >= 11 is 0. The number of hydrogen-bond acceptors (Lipinski definition) is 4. The van der Waals surface area contributed by atoms with Gasteiger partial charge in [-0.2, -0.15) is 0 Å². The Morgan fingerprint density at radius 1 is 1.14 bits per heavy atom. The minimum Gasteiger partial charge on any atom is -0.496 e. The standard InChI is InChI=1S/C24H28N4O/c1-29-23-7-3-2-6-20(23)22-15-27-24-21(22)11-19(14-26-24)18-10-17(12-25-13-18)16-28-8-4-5-9-28/h2-3,6-7,11-13,15,17,26-27H,4-5,8-10,14,16H2,1H3. The second-order valence-corrected chi connectivity index (χ2v) is 8.14. The Hall–Kier alpha value is -2.79. The van der Waals surface area contributed by atoms with Gasteiger partial charge in [-0.1, -0.05) is 18.2 Å². The molecular formula is C24H28N4O. The first-order chi connectivity index (χ1) is 14.3. The third-order valence-electron chi connectivity index (χ3n) is 6.20. The summed E-state index contributed by atoms with van der Waals surface area (Å²) < 4.78 is 5.59. The number of ether oxygens (including phenoxy) is 1. The number of H-pyrrole nitrogens is 1. The summed E-state index contributed by atoms with van der Waals surface area (Å²) in [4.78, 5) is 10.6. The van der Waals surface area contributed by atoms with Crippen LogP contribution in [0.4, 0.5) is 5.82 Å². The molecule has 5 heteroatoms. The smallest absolute Gasteiger partial charge is 0.126 e. The summed E-state index contributed by atoms with van der Waals surface area (Å²) in [6.45, 7) is 4.44. The highest BCUT2D eigenvalue weighted by molar-refractivity contribution is 5.88. The predicted molar refractivity (Wildman–Crippen MR) is 120 cm³/mol. The summed E-state index contributed by atoms with van der Waals surface area (Å²) in [6, 6.07) is 8.18. The van der Waals surface area contributed by atoms with Crippen LogP contribution in [-0.2, 0) is 0 Å². The van der Waals surface area contributed by atoms with E-state index in [1.165, 1.54) is 42.6 Å². The molecule has 1 aromatic heterocycles. The van der Waals surface area contributed by atoms with Crippen molar-refractivity contribution < 1.29 is 4.74 Å². The maximum absolute atomic E-state index is 5.59. The molecule has 2 N–H and O–H groups in total. The fourth-order valence-electron chi connectivity index (χ4n) is 4.70. The lowest BCUT2D eigenvalue weighted by Gasteiger charge is -2.26. The van der Waals surface area contributed by atoms with Crippen LogP contribution in [0.15, 0.2) is 52.8 Å². The minimum atomic E-state index is 0.510. The van der Waals surface area contributed by atoms with Gasteiger partial charge in [-0.3, -0.25) is 4.99 Å². The molecule has 0 saturated carbocycles. The first-order valence-electron chi connectivity index (χ1n) is 10.6. The van der Waals surface area contributed by atoms with Crippen molar-refractivity contribution in [3.05, 3.63) is 53.4 Å². The molecule has 0 aliphatic carbocycles. The van der Waals surface area contributed by atoms with Crippen molar-refractivity contribution in [3.8, 4) is 16.9 Å². The number of aliphatic imine (C=N–C) groups is 1. The average Bonchev–Trinajstić information content (AvgIpc) is 3.43. The normalized spacial score (nSPS) is 21.3. The van der Waals surface area contributed by atoms with Crippen LogP contribution in [0, 0.1) is 5.92 Å². The second kappa shape index (κ2) is 7.91. The number of para-hydroxylation sites is 1. The SMILES string of the molecule is COc1ccccc1-c1c[nH]c2c1C=C(C1=CN=CC(CN3CCCC3)C1)CN2. The molecule has 0 bridgehead atoms. The van der Waals surface area contributed by atoms with Crippen LogP contribution in [0.2, 0.25) is 0 Å². The number of benzene rings is 1. The van der Waals surface area contributed by atoms with Gasteiger partial charge in [0, 0.05) is 54.3 Å². The Balaban J connectivity index is 1.41. The summed E-state index contributed by atoms with van der Waals surface area (Å²) in [6.07, 6.45) is 12.3. The van der Waals surface area contributed by atoms with Gasteiger partial charge >= 0.3 is 0 Å². The van der Waals surface area contributed by atoms with E-state index in [-0.39, 0.29) is 0 Å². The highest BCUT2D eigenvalue weighted by Crippen LogP contribution is 2.39. The Bertz CT molecular complexity index is 979. The molecule has 0 radical (unpaired) electrons. The van der Waals surface area contributed by atoms with Crippen molar-refractivity contribution in [1.82, 2.24) is 9.88 Å². The molecule has 3 aliphatic heterocycles. The maximum Gasteiger partial charge on any atom is 0.126 e. The third-order valence-corrected chi connectivity index (χ3v) is 6.20. The topological polar surface area (TPSA) is 52.6 Å². The van der Waals surface area contributed by atoms with Crippen molar-refractivity contribution in [2.75, 3.05) is 38.6 Å². The van der Waals surface area contributed by atoms with Crippen molar-refractivity contribution >= 4 is 18.1 Å². The molecule has 5 rings (SSSR count). The molecule has 1 saturated heterocycles. The van der Waals surface area contributed by atoms with E-state index in [0.717, 1.165) is 42.2 Å². The van der Waals surface area contributed by atoms with Gasteiger partial charge < -0.3 is 19.9 Å². The number of fused-ring (bicyclic) bond motifs is 1. The van der Waals surface area contributed by atoms with Gasteiger partial charge in [0.05, 0.1) is 7.11 Å². The number of methoxy groups -OCH3 is 1. The molecule has 0 spiro atoms.